The molecular formula is C15H25NO7S. The Kier molecular flexibility index (Phi) is 5.15. The third-order valence-electron chi connectivity index (χ3n) is 4.17. The lowest BCUT2D eigenvalue weighted by atomic mass is 9.76. The quantitative estimate of drug-likeness (QED) is 0.550. The van der Waals surface area contributed by atoms with Gasteiger partial charge in [0.2, 0.25) is 0 Å². The largest absolute Gasteiger partial charge is 0.459 e. The summed E-state index contributed by atoms with van der Waals surface area (Å²) in [6.07, 6.45) is 1.35. The van der Waals surface area contributed by atoms with Gasteiger partial charge in [0.25, 0.3) is 10.1 Å². The zero-order chi connectivity index (χ0) is 18.2. The van der Waals surface area contributed by atoms with Crippen LogP contribution in [0.4, 0.5) is 4.79 Å². The van der Waals surface area contributed by atoms with Crippen LogP contribution in [0.15, 0.2) is 0 Å². The van der Waals surface area contributed by atoms with Crippen molar-refractivity contribution in [2.45, 2.75) is 51.7 Å². The Labute approximate surface area is 142 Å². The monoisotopic (exact) mass is 363 g/mol. The van der Waals surface area contributed by atoms with Crippen molar-refractivity contribution in [1.82, 2.24) is 4.90 Å². The topological polar surface area (TPSA) is 99.2 Å². The number of hydrogen-bond donors (Lipinski definition) is 0. The first-order valence-corrected chi connectivity index (χ1v) is 9.75. The molecule has 0 aromatic rings. The molecule has 2 heterocycles. The first kappa shape index (κ1) is 19.0. The van der Waals surface area contributed by atoms with Crippen molar-refractivity contribution in [2.75, 3.05) is 26.0 Å². The number of piperidine rings is 1. The van der Waals surface area contributed by atoms with Crippen molar-refractivity contribution in [3.05, 3.63) is 0 Å². The molecule has 2 fully saturated rings. The van der Waals surface area contributed by atoms with Crippen molar-refractivity contribution in [3.63, 3.8) is 0 Å². The van der Waals surface area contributed by atoms with Crippen LogP contribution >= 0.6 is 0 Å². The van der Waals surface area contributed by atoms with E-state index in [1.165, 1.54) is 0 Å². The van der Waals surface area contributed by atoms with E-state index in [0.29, 0.717) is 32.4 Å². The van der Waals surface area contributed by atoms with E-state index in [1.807, 2.05) is 0 Å². The van der Waals surface area contributed by atoms with E-state index in [1.54, 1.807) is 25.7 Å². The van der Waals surface area contributed by atoms with Gasteiger partial charge in [-0.25, -0.2) is 4.79 Å². The summed E-state index contributed by atoms with van der Waals surface area (Å²) in [5.74, 6) is -0.339. The van der Waals surface area contributed by atoms with Crippen molar-refractivity contribution in [2.24, 2.45) is 5.41 Å². The highest BCUT2D eigenvalue weighted by atomic mass is 32.2. The number of rotatable bonds is 3. The zero-order valence-electron chi connectivity index (χ0n) is 14.5. The van der Waals surface area contributed by atoms with E-state index in [0.717, 1.165) is 6.26 Å². The molecule has 0 aromatic carbocycles. The summed E-state index contributed by atoms with van der Waals surface area (Å²) in [7, 11) is -3.57. The average molecular weight is 363 g/mol. The van der Waals surface area contributed by atoms with E-state index in [9.17, 15) is 18.0 Å². The number of likely N-dealkylation sites (tertiary alicyclic amines) is 1. The maximum atomic E-state index is 12.2. The van der Waals surface area contributed by atoms with E-state index >= 15 is 0 Å². The third-order valence-corrected chi connectivity index (χ3v) is 4.73. The van der Waals surface area contributed by atoms with Crippen LogP contribution in [-0.2, 0) is 28.6 Å². The minimum Gasteiger partial charge on any atom is -0.459 e. The van der Waals surface area contributed by atoms with E-state index < -0.39 is 27.2 Å². The smallest absolute Gasteiger partial charge is 0.410 e. The van der Waals surface area contributed by atoms with Crippen LogP contribution in [0.2, 0.25) is 0 Å². The Morgan fingerprint density at radius 3 is 2.42 bits per heavy atom. The molecule has 0 aliphatic carbocycles. The van der Waals surface area contributed by atoms with E-state index in [-0.39, 0.29) is 18.7 Å². The Morgan fingerprint density at radius 2 is 1.92 bits per heavy atom. The molecule has 0 bridgehead atoms. The van der Waals surface area contributed by atoms with Gasteiger partial charge in [0, 0.05) is 19.5 Å². The van der Waals surface area contributed by atoms with Gasteiger partial charge < -0.3 is 14.4 Å². The lowest BCUT2D eigenvalue weighted by Gasteiger charge is -2.37. The number of carbonyl (C=O) groups excluding carboxylic acids is 2. The number of nitrogens with zero attached hydrogens (tertiary/aromatic N) is 1. The molecule has 2 aliphatic rings. The molecule has 0 aromatic heterocycles. The summed E-state index contributed by atoms with van der Waals surface area (Å²) in [4.78, 5) is 25.9. The molecule has 1 amide bonds. The van der Waals surface area contributed by atoms with Gasteiger partial charge in [0.15, 0.2) is 0 Å². The van der Waals surface area contributed by atoms with Crippen molar-refractivity contribution >= 4 is 22.2 Å². The van der Waals surface area contributed by atoms with Crippen LogP contribution in [-0.4, -0.2) is 63.0 Å². The Morgan fingerprint density at radius 1 is 1.33 bits per heavy atom. The van der Waals surface area contributed by atoms with Crippen molar-refractivity contribution in [1.29, 1.82) is 0 Å². The second-order valence-corrected chi connectivity index (χ2v) is 9.11. The number of amides is 1. The van der Waals surface area contributed by atoms with Gasteiger partial charge in [-0.3, -0.25) is 8.98 Å². The highest BCUT2D eigenvalue weighted by molar-refractivity contribution is 7.85. The highest BCUT2D eigenvalue weighted by Gasteiger charge is 2.51. The Balaban J connectivity index is 1.90. The summed E-state index contributed by atoms with van der Waals surface area (Å²) in [5, 5.41) is 0. The molecule has 24 heavy (non-hydrogen) atoms. The number of hydrogen-bond acceptors (Lipinski definition) is 7. The SMILES string of the molecule is CC(C)(C)OC(=O)N1CCC2(CC1)CC(COS(C)(=O)=O)OC2=O. The summed E-state index contributed by atoms with van der Waals surface area (Å²) < 4.78 is 37.4. The maximum absolute atomic E-state index is 12.2. The predicted molar refractivity (Wildman–Crippen MR) is 84.8 cm³/mol. The van der Waals surface area contributed by atoms with Crippen LogP contribution in [0.1, 0.15) is 40.0 Å². The molecule has 8 nitrogen and oxygen atoms in total. The summed E-state index contributed by atoms with van der Waals surface area (Å²) in [5.41, 5.74) is -1.23. The highest BCUT2D eigenvalue weighted by Crippen LogP contribution is 2.43. The molecule has 1 atom stereocenters. The number of carbonyl (C=O) groups is 2. The fraction of sp³-hybridized carbons (Fsp3) is 0.867. The van der Waals surface area contributed by atoms with Gasteiger partial charge in [-0.2, -0.15) is 8.42 Å². The first-order chi connectivity index (χ1) is 10.9. The third kappa shape index (κ3) is 4.83. The molecule has 2 rings (SSSR count). The first-order valence-electron chi connectivity index (χ1n) is 7.94. The predicted octanol–water partition coefficient (Wildman–Crippen LogP) is 1.30. The standard InChI is InChI=1S/C15H25NO7S/c1-14(2,3)23-13(18)16-7-5-15(6-8-16)9-11(22-12(15)17)10-21-24(4,19)20/h11H,5-10H2,1-4H3. The van der Waals surface area contributed by atoms with Gasteiger partial charge >= 0.3 is 12.1 Å². The molecule has 1 unspecified atom stereocenters. The van der Waals surface area contributed by atoms with Gasteiger partial charge in [0.05, 0.1) is 11.7 Å². The Bertz CT molecular complexity index is 600. The molecule has 2 aliphatic heterocycles. The molecule has 0 saturated carbocycles. The molecular weight excluding hydrogens is 338 g/mol. The van der Waals surface area contributed by atoms with Crippen molar-refractivity contribution < 1.29 is 31.7 Å². The molecule has 0 radical (unpaired) electrons. The van der Waals surface area contributed by atoms with Crippen LogP contribution in [0.3, 0.4) is 0 Å². The minimum absolute atomic E-state index is 0.165. The summed E-state index contributed by atoms with van der Waals surface area (Å²) in [6.45, 7) is 6.06. The van der Waals surface area contributed by atoms with Crippen LogP contribution < -0.4 is 0 Å². The number of cyclic esters (lactones) is 1. The fourth-order valence-corrected chi connectivity index (χ4v) is 3.38. The van der Waals surface area contributed by atoms with Crippen LogP contribution in [0, 0.1) is 5.41 Å². The van der Waals surface area contributed by atoms with Gasteiger partial charge in [-0.15, -0.1) is 0 Å². The van der Waals surface area contributed by atoms with Gasteiger partial charge in [-0.1, -0.05) is 0 Å². The molecule has 2 saturated heterocycles. The minimum atomic E-state index is -3.57. The van der Waals surface area contributed by atoms with Crippen molar-refractivity contribution in [3.8, 4) is 0 Å². The van der Waals surface area contributed by atoms with Gasteiger partial charge in [0.1, 0.15) is 18.3 Å². The lowest BCUT2D eigenvalue weighted by molar-refractivity contribution is -0.151. The Hall–Kier alpha value is -1.35. The average Bonchev–Trinajstić information content (AvgIpc) is 2.71. The molecule has 0 N–H and O–H groups in total. The summed E-state index contributed by atoms with van der Waals surface area (Å²) >= 11 is 0. The number of esters is 1. The second kappa shape index (κ2) is 6.51. The van der Waals surface area contributed by atoms with E-state index in [4.69, 9.17) is 13.7 Å². The molecule has 1 spiro atoms. The number of ether oxygens (including phenoxy) is 2. The van der Waals surface area contributed by atoms with Crippen LogP contribution in [0.5, 0.6) is 0 Å². The normalized spacial score (nSPS) is 24.1. The molecule has 138 valence electrons. The van der Waals surface area contributed by atoms with E-state index in [2.05, 4.69) is 0 Å². The van der Waals surface area contributed by atoms with Gasteiger partial charge in [-0.05, 0) is 33.6 Å². The fourth-order valence-electron chi connectivity index (χ4n) is 2.98. The summed E-state index contributed by atoms with van der Waals surface area (Å²) in [6, 6.07) is 0. The zero-order valence-corrected chi connectivity index (χ0v) is 15.3. The second-order valence-electron chi connectivity index (χ2n) is 7.47. The lowest BCUT2D eigenvalue weighted by Crippen LogP contribution is -2.46. The maximum Gasteiger partial charge on any atom is 0.410 e. The molecule has 9 heteroatoms. The van der Waals surface area contributed by atoms with Crippen LogP contribution in [0.25, 0.3) is 0 Å².